The van der Waals surface area contributed by atoms with Crippen LogP contribution in [0.1, 0.15) is 119 Å². The van der Waals surface area contributed by atoms with Crippen molar-refractivity contribution in [1.29, 1.82) is 0 Å². The van der Waals surface area contributed by atoms with Gasteiger partial charge in [-0.15, -0.1) is 0 Å². The first-order valence-corrected chi connectivity index (χ1v) is 38.6. The molecular formula is C76H112B8N8O28. The van der Waals surface area contributed by atoms with Crippen LogP contribution in [0, 0.1) is 0 Å². The monoisotopic (exact) mass is 1670 g/mol. The van der Waals surface area contributed by atoms with Gasteiger partial charge in [0.1, 0.15) is 23.0 Å². The van der Waals surface area contributed by atoms with E-state index in [2.05, 4.69) is 0 Å². The van der Waals surface area contributed by atoms with Gasteiger partial charge >= 0.3 is 56.9 Å². The topological polar surface area (TPSA) is 687 Å². The minimum absolute atomic E-state index is 0. The van der Waals surface area contributed by atoms with Crippen LogP contribution in [-0.2, 0) is 27.6 Å². The fraction of sp³-hybridized carbons (Fsp3) is 0.368. The average Bonchev–Trinajstić information content (AvgIpc) is 0.906. The summed E-state index contributed by atoms with van der Waals surface area (Å²) < 4.78 is 57.9. The van der Waals surface area contributed by atoms with Gasteiger partial charge in [-0.05, 0) is 90.6 Å². The van der Waals surface area contributed by atoms with Gasteiger partial charge in [0.25, 0.3) is 0 Å². The maximum absolute atomic E-state index is 11.8. The number of nitrogens with two attached hydrogens (primary N) is 8. The van der Waals surface area contributed by atoms with Crippen LogP contribution in [0.2, 0.25) is 0 Å². The molecule has 2 aliphatic rings. The molecule has 8 aromatic rings. The molecule has 0 saturated heterocycles. The molecule has 0 aromatic heterocycles. The molecule has 2 aliphatic heterocycles. The van der Waals surface area contributed by atoms with E-state index in [0.717, 1.165) is 16.6 Å². The lowest BCUT2D eigenvalue weighted by atomic mass is 9.63. The van der Waals surface area contributed by atoms with Crippen LogP contribution >= 0.6 is 0 Å². The van der Waals surface area contributed by atoms with E-state index in [0.29, 0.717) is 59.5 Å². The summed E-state index contributed by atoms with van der Waals surface area (Å²) in [5.41, 5.74) is 51.1. The Balaban J connectivity index is 0.000000322. The summed E-state index contributed by atoms with van der Waals surface area (Å²) in [6.07, 6.45) is -6.13. The maximum atomic E-state index is 11.8. The van der Waals surface area contributed by atoms with E-state index in [9.17, 15) is 76.1 Å². The first-order valence-electron chi connectivity index (χ1n) is 38.6. The number of hydrogen-bond donors (Lipinski definition) is 24. The Morgan fingerprint density at radius 1 is 0.325 bits per heavy atom. The van der Waals surface area contributed by atoms with Gasteiger partial charge in [0, 0.05) is 126 Å². The highest BCUT2D eigenvalue weighted by molar-refractivity contribution is 6.81. The molecule has 0 spiro atoms. The van der Waals surface area contributed by atoms with Crippen molar-refractivity contribution in [2.24, 2.45) is 45.9 Å². The van der Waals surface area contributed by atoms with E-state index in [4.69, 9.17) is 97.5 Å². The SMILES string of the molecule is NCC(O)c1cccc(OCCCO)c1B(O)OB(OB(O)c1c(OCCCO)cccc1C(O)CN)c1c(OCCCO)cccc1C(O)CN.NCC(O)c1ccccc1B(O)OB(OB(O)c1ccccc1C(O)CN)c1ccccc1C(O)CN.NCC1OB(O)c2c(OCCCO)cccc21.NCC1OB(O)c2ccccc21.O.O. The van der Waals surface area contributed by atoms with Crippen LogP contribution in [-0.4, -0.2) is 254 Å². The van der Waals surface area contributed by atoms with Crippen molar-refractivity contribution in [2.45, 2.75) is 74.5 Å². The summed E-state index contributed by atoms with van der Waals surface area (Å²) in [5, 5.41) is 166. The highest BCUT2D eigenvalue weighted by atomic mass is 16.6. The second-order valence-electron chi connectivity index (χ2n) is 26.8. The van der Waals surface area contributed by atoms with Crippen molar-refractivity contribution in [3.63, 3.8) is 0 Å². The van der Waals surface area contributed by atoms with E-state index in [1.807, 2.05) is 36.4 Å². The summed E-state index contributed by atoms with van der Waals surface area (Å²) in [5.74, 6) is 0.874. The normalized spacial score (nSPS) is 14.5. The van der Waals surface area contributed by atoms with Crippen LogP contribution in [0.15, 0.2) is 170 Å². The molecule has 36 nitrogen and oxygen atoms in total. The van der Waals surface area contributed by atoms with Gasteiger partial charge < -0.3 is 185 Å². The first-order chi connectivity index (χ1) is 57.1. The van der Waals surface area contributed by atoms with Crippen LogP contribution in [0.5, 0.6) is 23.0 Å². The van der Waals surface area contributed by atoms with Gasteiger partial charge in [-0.3, -0.25) is 0 Å². The van der Waals surface area contributed by atoms with Crippen LogP contribution < -0.4 is 109 Å². The molecule has 8 aromatic carbocycles. The van der Waals surface area contributed by atoms with E-state index in [1.54, 1.807) is 97.1 Å². The third-order valence-corrected chi connectivity index (χ3v) is 18.9. The number of benzene rings is 8. The molecule has 36 N–H and O–H groups in total. The third kappa shape index (κ3) is 28.1. The Bertz CT molecular complexity index is 4150. The highest BCUT2D eigenvalue weighted by Crippen LogP contribution is 2.29. The minimum atomic E-state index is -1.96. The number of rotatable bonds is 44. The number of hydrogen-bond acceptors (Lipinski definition) is 34. The Morgan fingerprint density at radius 2 is 0.617 bits per heavy atom. The molecule has 0 aliphatic carbocycles. The lowest BCUT2D eigenvalue weighted by molar-refractivity contribution is 0.186. The van der Waals surface area contributed by atoms with Gasteiger partial charge in [0.05, 0.1) is 75.3 Å². The molecule has 0 saturated carbocycles. The van der Waals surface area contributed by atoms with Crippen molar-refractivity contribution in [3.8, 4) is 23.0 Å². The molecular weight excluding hydrogens is 1560 g/mol. The fourth-order valence-corrected chi connectivity index (χ4v) is 12.9. The Kier molecular flexibility index (Phi) is 46.2. The summed E-state index contributed by atoms with van der Waals surface area (Å²) in [6, 6.07) is 46.6. The van der Waals surface area contributed by atoms with Crippen LogP contribution in [0.25, 0.3) is 0 Å². The quantitative estimate of drug-likeness (QED) is 0.0125. The van der Waals surface area contributed by atoms with Crippen molar-refractivity contribution >= 4 is 101 Å². The zero-order valence-electron chi connectivity index (χ0n) is 66.4. The van der Waals surface area contributed by atoms with Crippen molar-refractivity contribution in [2.75, 3.05) is 105 Å². The van der Waals surface area contributed by atoms with E-state index >= 15 is 0 Å². The number of aliphatic hydroxyl groups excluding tert-OH is 10. The van der Waals surface area contributed by atoms with Gasteiger partial charge in [0.15, 0.2) is 0 Å². The third-order valence-electron chi connectivity index (χ3n) is 18.9. The Labute approximate surface area is 699 Å². The lowest BCUT2D eigenvalue weighted by Crippen LogP contribution is -2.54. The predicted octanol–water partition coefficient (Wildman–Crippen LogP) is -9.46. The van der Waals surface area contributed by atoms with Gasteiger partial charge in [-0.2, -0.15) is 0 Å². The number of aliphatic hydroxyl groups is 10. The minimum Gasteiger partial charge on any atom is -0.494 e. The number of fused-ring (bicyclic) bond motifs is 2. The smallest absolute Gasteiger partial charge is 0.494 e. The summed E-state index contributed by atoms with van der Waals surface area (Å²) >= 11 is 0. The fourth-order valence-electron chi connectivity index (χ4n) is 12.9. The molecule has 44 heteroatoms. The first kappa shape index (κ1) is 103. The Hall–Kier alpha value is -7.80. The molecule has 0 amide bonds. The van der Waals surface area contributed by atoms with Gasteiger partial charge in [0.2, 0.25) is 0 Å². The molecule has 648 valence electrons. The molecule has 8 atom stereocenters. The molecule has 0 radical (unpaired) electrons. The van der Waals surface area contributed by atoms with Crippen molar-refractivity contribution < 1.29 is 139 Å². The standard InChI is InChI=1S/C33H50B3N3O13.C24H32B3N3O7.C11H16BNO4.C8H10BNO2.2H2O/c37-19-25(43)22-7-1-10-28(48-16-4-13-40)31(22)34(46)51-36(33-24(27(45)21-39)9-3-12-30(33)50-18-6-15-42)52-35(47)32-23(26(44)20-38)8-2-11-29(32)49-17-5-14-41;28-13-22(31)16-7-1-4-10-19(16)25(34)36-27(21-12-6-3-9-18(21)24(33)15-30)37-26(35)20-11-5-2-8-17(20)23(32)14-29;13-7-10-8-3-1-4-9(16-6-2-5-14)11(8)12(15)17-10;10-5-8-6-3-1-2-4-7(6)9(11)12-8;;/h1-3,7-12,25-27,40-47H,4-6,13-21,37-39H2;1-12,22-24,31-35H,13-15,28-30H2;1,3-4,10,14-15H,2,5-7,13H2;1-4,8,11H,5,10H2;2*1H2. The molecule has 10 rings (SSSR count). The predicted molar refractivity (Wildman–Crippen MR) is 458 cm³/mol. The maximum Gasteiger partial charge on any atom is 0.495 e. The summed E-state index contributed by atoms with van der Waals surface area (Å²) in [4.78, 5) is 0. The average molecular weight is 1670 g/mol. The lowest BCUT2D eigenvalue weighted by Gasteiger charge is -2.28. The zero-order valence-corrected chi connectivity index (χ0v) is 66.4. The Morgan fingerprint density at radius 3 is 1.02 bits per heavy atom. The molecule has 0 fully saturated rings. The van der Waals surface area contributed by atoms with Gasteiger partial charge in [-0.25, -0.2) is 0 Å². The molecule has 120 heavy (non-hydrogen) atoms. The van der Waals surface area contributed by atoms with Gasteiger partial charge in [-0.1, -0.05) is 146 Å². The van der Waals surface area contributed by atoms with E-state index < -0.39 is 93.6 Å². The van der Waals surface area contributed by atoms with Crippen molar-refractivity contribution in [1.82, 2.24) is 0 Å². The summed E-state index contributed by atoms with van der Waals surface area (Å²) in [6.45, 7) is -0.142. The molecule has 2 heterocycles. The second-order valence-corrected chi connectivity index (χ2v) is 26.8. The molecule has 8 unspecified atom stereocenters. The molecule has 0 bridgehead atoms. The van der Waals surface area contributed by atoms with Crippen molar-refractivity contribution in [3.05, 3.63) is 214 Å². The van der Waals surface area contributed by atoms with Crippen LogP contribution in [0.3, 0.4) is 0 Å². The summed E-state index contributed by atoms with van der Waals surface area (Å²) in [7, 11) is -12.1. The highest BCUT2D eigenvalue weighted by Gasteiger charge is 2.44. The number of ether oxygens (including phenoxy) is 4. The second kappa shape index (κ2) is 54.0. The van der Waals surface area contributed by atoms with Crippen LogP contribution in [0.4, 0.5) is 0 Å². The zero-order chi connectivity index (χ0) is 85.8. The van der Waals surface area contributed by atoms with E-state index in [-0.39, 0.29) is 189 Å². The van der Waals surface area contributed by atoms with E-state index in [1.165, 1.54) is 36.4 Å². The largest absolute Gasteiger partial charge is 0.495 e.